The molecule has 5 heteroatoms. The fraction of sp³-hybridized carbons (Fsp3) is 0.179. The summed E-state index contributed by atoms with van der Waals surface area (Å²) in [6.07, 6.45) is 1.89. The summed E-state index contributed by atoms with van der Waals surface area (Å²) < 4.78 is 13.0. The van der Waals surface area contributed by atoms with Gasteiger partial charge in [-0.15, -0.1) is 11.6 Å². The third-order valence-electron chi connectivity index (χ3n) is 6.11. The predicted octanol–water partition coefficient (Wildman–Crippen LogP) is 7.17. The lowest BCUT2D eigenvalue weighted by Crippen LogP contribution is -2.29. The molecule has 3 aromatic carbocycles. The number of pyridine rings is 1. The molecule has 0 bridgehead atoms. The predicted molar refractivity (Wildman–Crippen MR) is 135 cm³/mol. The second-order valence-electron chi connectivity index (χ2n) is 8.17. The number of para-hydroxylation sites is 1. The number of hydrogen-bond donors (Lipinski definition) is 1. The van der Waals surface area contributed by atoms with Crippen LogP contribution in [0, 0.1) is 6.92 Å². The van der Waals surface area contributed by atoms with Gasteiger partial charge in [0.15, 0.2) is 5.75 Å². The molecule has 3 nitrogen and oxygen atoms in total. The summed E-state index contributed by atoms with van der Waals surface area (Å²) in [7, 11) is 0. The second kappa shape index (κ2) is 9.22. The first-order valence-electron chi connectivity index (χ1n) is 10.9. The molecule has 0 saturated heterocycles. The van der Waals surface area contributed by atoms with Crippen molar-refractivity contribution in [2.45, 2.75) is 30.8 Å². The molecule has 0 saturated carbocycles. The largest absolute Gasteiger partial charge is 0.455 e. The summed E-state index contributed by atoms with van der Waals surface area (Å²) >= 11 is 10.7. The molecule has 166 valence electrons. The SMILES string of the molecule is Cc1ccc(C2(c3ccc(CS)cc3)OCc3c2cnc(CCl)c3Oc2ccccc2)cc1. The Kier molecular flexibility index (Phi) is 6.15. The van der Waals surface area contributed by atoms with Crippen LogP contribution >= 0.6 is 24.2 Å². The van der Waals surface area contributed by atoms with E-state index in [1.165, 1.54) is 5.56 Å². The number of aryl methyl sites for hydroxylation is 1. The topological polar surface area (TPSA) is 31.4 Å². The molecule has 1 aromatic heterocycles. The van der Waals surface area contributed by atoms with Gasteiger partial charge in [0.2, 0.25) is 0 Å². The standard InChI is InChI=1S/C28H24ClNO2S/c1-19-7-11-21(12-8-19)28(22-13-9-20(18-33)10-14-22)25-16-30-26(15-29)27(24(25)17-31-28)32-23-5-3-2-4-6-23/h2-14,16,33H,15,17-18H2,1H3. The first kappa shape index (κ1) is 22.0. The number of rotatable bonds is 6. The normalized spacial score (nSPS) is 17.1. The molecule has 33 heavy (non-hydrogen) atoms. The van der Waals surface area contributed by atoms with E-state index < -0.39 is 5.60 Å². The van der Waals surface area contributed by atoms with Gasteiger partial charge in [-0.3, -0.25) is 4.98 Å². The molecular weight excluding hydrogens is 450 g/mol. The number of aromatic nitrogens is 1. The van der Waals surface area contributed by atoms with Gasteiger partial charge in [-0.1, -0.05) is 72.3 Å². The Morgan fingerprint density at radius 1 is 0.970 bits per heavy atom. The molecule has 0 amide bonds. The van der Waals surface area contributed by atoms with Gasteiger partial charge in [-0.2, -0.15) is 12.6 Å². The number of nitrogens with zero attached hydrogens (tertiary/aromatic N) is 1. The van der Waals surface area contributed by atoms with Crippen LogP contribution < -0.4 is 4.74 Å². The number of alkyl halides is 1. The number of hydrogen-bond acceptors (Lipinski definition) is 4. The van der Waals surface area contributed by atoms with Crippen LogP contribution in [0.25, 0.3) is 0 Å². The van der Waals surface area contributed by atoms with E-state index in [1.54, 1.807) is 0 Å². The quantitative estimate of drug-likeness (QED) is 0.238. The van der Waals surface area contributed by atoms with Gasteiger partial charge in [-0.25, -0.2) is 0 Å². The average molecular weight is 474 g/mol. The molecule has 2 heterocycles. The Hall–Kier alpha value is -2.79. The van der Waals surface area contributed by atoms with Crippen molar-refractivity contribution >= 4 is 24.2 Å². The van der Waals surface area contributed by atoms with Crippen molar-refractivity contribution < 1.29 is 9.47 Å². The van der Waals surface area contributed by atoms with Crippen molar-refractivity contribution in [2.75, 3.05) is 0 Å². The number of thiol groups is 1. The van der Waals surface area contributed by atoms with Gasteiger partial charge in [0.05, 0.1) is 18.2 Å². The minimum Gasteiger partial charge on any atom is -0.455 e. The highest BCUT2D eigenvalue weighted by atomic mass is 35.5. The maximum Gasteiger partial charge on any atom is 0.156 e. The molecule has 5 rings (SSSR count). The van der Waals surface area contributed by atoms with Crippen molar-refractivity contribution in [1.82, 2.24) is 4.98 Å². The molecule has 0 N–H and O–H groups in total. The van der Waals surface area contributed by atoms with E-state index in [1.807, 2.05) is 36.5 Å². The summed E-state index contributed by atoms with van der Waals surface area (Å²) in [5, 5.41) is 0. The number of halogens is 1. The molecule has 1 aliphatic rings. The number of benzene rings is 3. The molecular formula is C28H24ClNO2S. The highest BCUT2D eigenvalue weighted by molar-refractivity contribution is 7.79. The molecule has 4 aromatic rings. The Labute approximate surface area is 204 Å². The van der Waals surface area contributed by atoms with E-state index in [0.29, 0.717) is 23.8 Å². The van der Waals surface area contributed by atoms with Crippen LogP contribution in [0.15, 0.2) is 85.1 Å². The minimum atomic E-state index is -0.787. The Bertz CT molecular complexity index is 1260. The molecule has 1 atom stereocenters. The molecule has 1 unspecified atom stereocenters. The van der Waals surface area contributed by atoms with Crippen molar-refractivity contribution in [3.8, 4) is 11.5 Å². The first-order chi connectivity index (χ1) is 16.2. The van der Waals surface area contributed by atoms with Crippen molar-refractivity contribution in [3.63, 3.8) is 0 Å². The van der Waals surface area contributed by atoms with Gasteiger partial charge >= 0.3 is 0 Å². The summed E-state index contributed by atoms with van der Waals surface area (Å²) in [4.78, 5) is 4.71. The van der Waals surface area contributed by atoms with Crippen molar-refractivity contribution in [3.05, 3.63) is 124 Å². The van der Waals surface area contributed by atoms with E-state index in [0.717, 1.165) is 33.6 Å². The number of fused-ring (bicyclic) bond motifs is 1. The summed E-state index contributed by atoms with van der Waals surface area (Å²) in [6, 6.07) is 26.6. The molecule has 1 aliphatic heterocycles. The fourth-order valence-electron chi connectivity index (χ4n) is 4.38. The van der Waals surface area contributed by atoms with E-state index in [-0.39, 0.29) is 5.88 Å². The second-order valence-corrected chi connectivity index (χ2v) is 8.75. The Balaban J connectivity index is 1.72. The van der Waals surface area contributed by atoms with Gasteiger partial charge < -0.3 is 9.47 Å². The van der Waals surface area contributed by atoms with Crippen LogP contribution in [0.3, 0.4) is 0 Å². The summed E-state index contributed by atoms with van der Waals surface area (Å²) in [6.45, 7) is 2.48. The van der Waals surface area contributed by atoms with Gasteiger partial charge in [0.25, 0.3) is 0 Å². The third-order valence-corrected chi connectivity index (χ3v) is 6.73. The Morgan fingerprint density at radius 2 is 1.64 bits per heavy atom. The summed E-state index contributed by atoms with van der Waals surface area (Å²) in [5.41, 5.74) is 6.31. The third kappa shape index (κ3) is 3.93. The van der Waals surface area contributed by atoms with E-state index in [9.17, 15) is 0 Å². The van der Waals surface area contributed by atoms with Crippen molar-refractivity contribution in [1.29, 1.82) is 0 Å². The van der Waals surface area contributed by atoms with Crippen LogP contribution in [0.4, 0.5) is 0 Å². The van der Waals surface area contributed by atoms with Crippen LogP contribution in [-0.2, 0) is 28.6 Å². The molecule has 0 fully saturated rings. The number of ether oxygens (including phenoxy) is 2. The van der Waals surface area contributed by atoms with Crippen LogP contribution in [0.5, 0.6) is 11.5 Å². The monoisotopic (exact) mass is 473 g/mol. The highest BCUT2D eigenvalue weighted by Gasteiger charge is 2.45. The van der Waals surface area contributed by atoms with Crippen molar-refractivity contribution in [2.24, 2.45) is 0 Å². The summed E-state index contributed by atoms with van der Waals surface area (Å²) in [5.74, 6) is 2.36. The zero-order valence-corrected chi connectivity index (χ0v) is 19.9. The van der Waals surface area contributed by atoms with Gasteiger partial charge in [0.1, 0.15) is 11.4 Å². The van der Waals surface area contributed by atoms with Gasteiger partial charge in [0, 0.05) is 23.1 Å². The lowest BCUT2D eigenvalue weighted by atomic mass is 9.80. The molecule has 0 aliphatic carbocycles. The van der Waals surface area contributed by atoms with Crippen LogP contribution in [-0.4, -0.2) is 4.98 Å². The smallest absolute Gasteiger partial charge is 0.156 e. The van der Waals surface area contributed by atoms with Crippen LogP contribution in [0.1, 0.15) is 39.1 Å². The minimum absolute atomic E-state index is 0.254. The lowest BCUT2D eigenvalue weighted by molar-refractivity contribution is 0.0264. The lowest BCUT2D eigenvalue weighted by Gasteiger charge is -2.31. The fourth-order valence-corrected chi connectivity index (χ4v) is 4.78. The molecule has 0 radical (unpaired) electrons. The first-order valence-corrected chi connectivity index (χ1v) is 12.0. The molecule has 0 spiro atoms. The zero-order valence-electron chi connectivity index (χ0n) is 18.3. The van der Waals surface area contributed by atoms with E-state index >= 15 is 0 Å². The van der Waals surface area contributed by atoms with Gasteiger partial charge in [-0.05, 0) is 35.7 Å². The maximum atomic E-state index is 6.69. The zero-order chi connectivity index (χ0) is 22.8. The van der Waals surface area contributed by atoms with E-state index in [4.69, 9.17) is 26.1 Å². The average Bonchev–Trinajstić information content (AvgIpc) is 3.26. The van der Waals surface area contributed by atoms with E-state index in [2.05, 4.69) is 68.1 Å². The van der Waals surface area contributed by atoms with Crippen LogP contribution in [0.2, 0.25) is 0 Å². The maximum absolute atomic E-state index is 6.69. The highest BCUT2D eigenvalue weighted by Crippen LogP contribution is 2.50. The Morgan fingerprint density at radius 3 is 2.27 bits per heavy atom.